The predicted octanol–water partition coefficient (Wildman–Crippen LogP) is 1.91. The van der Waals surface area contributed by atoms with E-state index in [1.54, 1.807) is 0 Å². The third-order valence-corrected chi connectivity index (χ3v) is 5.21. The summed E-state index contributed by atoms with van der Waals surface area (Å²) in [6.45, 7) is 14.4. The number of piperazine rings is 1. The van der Waals surface area contributed by atoms with Crippen LogP contribution in [0.25, 0.3) is 0 Å². The van der Waals surface area contributed by atoms with Crippen LogP contribution in [-0.4, -0.2) is 54.1 Å². The molecule has 2 N–H and O–H groups in total. The van der Waals surface area contributed by atoms with Crippen molar-refractivity contribution >= 4 is 11.3 Å². The molecule has 2 heterocycles. The van der Waals surface area contributed by atoms with Gasteiger partial charge in [-0.05, 0) is 12.5 Å². The molecule has 0 aliphatic carbocycles. The normalized spacial score (nSPS) is 18.1. The Labute approximate surface area is 127 Å². The summed E-state index contributed by atoms with van der Waals surface area (Å²) < 4.78 is 0. The number of hydrogen-bond donors (Lipinski definition) is 1. The second kappa shape index (κ2) is 7.50. The standard InChI is InChI=1S/C15H28N4S/c1-4-18-7-9-19(10-8-18)6-5-14-17-15(12(2)3)13(11-16)20-14/h12H,4-11,16H2,1-3H3. The first kappa shape index (κ1) is 15.9. The summed E-state index contributed by atoms with van der Waals surface area (Å²) >= 11 is 1.81. The molecule has 1 aliphatic heterocycles. The van der Waals surface area contributed by atoms with Gasteiger partial charge < -0.3 is 15.5 Å². The van der Waals surface area contributed by atoms with Crippen LogP contribution in [-0.2, 0) is 13.0 Å². The van der Waals surface area contributed by atoms with E-state index in [9.17, 15) is 0 Å². The fraction of sp³-hybridized carbons (Fsp3) is 0.800. The first-order valence-corrected chi connectivity index (χ1v) is 8.59. The average molecular weight is 296 g/mol. The van der Waals surface area contributed by atoms with Gasteiger partial charge in [0, 0.05) is 50.6 Å². The zero-order valence-electron chi connectivity index (χ0n) is 13.1. The van der Waals surface area contributed by atoms with Crippen molar-refractivity contribution in [3.05, 3.63) is 15.6 Å². The maximum absolute atomic E-state index is 5.83. The summed E-state index contributed by atoms with van der Waals surface area (Å²) in [5.41, 5.74) is 7.04. The smallest absolute Gasteiger partial charge is 0.0944 e. The quantitative estimate of drug-likeness (QED) is 0.871. The molecule has 1 aromatic heterocycles. The second-order valence-corrected chi connectivity index (χ2v) is 6.97. The minimum absolute atomic E-state index is 0.478. The minimum atomic E-state index is 0.478. The fourth-order valence-corrected chi connectivity index (χ4v) is 3.79. The van der Waals surface area contributed by atoms with Gasteiger partial charge in [-0.1, -0.05) is 20.8 Å². The van der Waals surface area contributed by atoms with E-state index in [1.165, 1.54) is 48.3 Å². The zero-order valence-corrected chi connectivity index (χ0v) is 13.9. The molecule has 0 bridgehead atoms. The molecule has 1 aromatic rings. The first-order valence-electron chi connectivity index (χ1n) is 7.77. The Morgan fingerprint density at radius 1 is 1.20 bits per heavy atom. The number of thiazole rings is 1. The molecule has 0 radical (unpaired) electrons. The van der Waals surface area contributed by atoms with Crippen molar-refractivity contribution in [3.8, 4) is 0 Å². The van der Waals surface area contributed by atoms with Gasteiger partial charge in [0.2, 0.25) is 0 Å². The zero-order chi connectivity index (χ0) is 14.5. The van der Waals surface area contributed by atoms with E-state index in [-0.39, 0.29) is 0 Å². The van der Waals surface area contributed by atoms with Crippen LogP contribution in [0.2, 0.25) is 0 Å². The van der Waals surface area contributed by atoms with Crippen LogP contribution < -0.4 is 5.73 Å². The molecule has 0 saturated carbocycles. The lowest BCUT2D eigenvalue weighted by Gasteiger charge is -2.33. The van der Waals surface area contributed by atoms with Crippen LogP contribution >= 0.6 is 11.3 Å². The van der Waals surface area contributed by atoms with Crippen LogP contribution in [0, 0.1) is 0 Å². The summed E-state index contributed by atoms with van der Waals surface area (Å²) in [6.07, 6.45) is 1.07. The molecule has 0 aromatic carbocycles. The Morgan fingerprint density at radius 2 is 1.85 bits per heavy atom. The molecule has 0 unspecified atom stereocenters. The second-order valence-electron chi connectivity index (χ2n) is 5.80. The molecule has 0 amide bonds. The van der Waals surface area contributed by atoms with Crippen LogP contribution in [0.15, 0.2) is 0 Å². The van der Waals surface area contributed by atoms with Gasteiger partial charge in [-0.25, -0.2) is 4.98 Å². The largest absolute Gasteiger partial charge is 0.326 e. The van der Waals surface area contributed by atoms with Crippen molar-refractivity contribution in [1.82, 2.24) is 14.8 Å². The van der Waals surface area contributed by atoms with Gasteiger partial charge in [0.1, 0.15) is 0 Å². The number of nitrogens with zero attached hydrogens (tertiary/aromatic N) is 3. The van der Waals surface area contributed by atoms with Crippen LogP contribution in [0.1, 0.15) is 42.3 Å². The predicted molar refractivity (Wildman–Crippen MR) is 86.4 cm³/mol. The monoisotopic (exact) mass is 296 g/mol. The number of likely N-dealkylation sites (N-methyl/N-ethyl adjacent to an activating group) is 1. The van der Waals surface area contributed by atoms with E-state index >= 15 is 0 Å². The van der Waals surface area contributed by atoms with Gasteiger partial charge >= 0.3 is 0 Å². The van der Waals surface area contributed by atoms with Gasteiger partial charge in [0.15, 0.2) is 0 Å². The van der Waals surface area contributed by atoms with E-state index < -0.39 is 0 Å². The summed E-state index contributed by atoms with van der Waals surface area (Å²) in [7, 11) is 0. The van der Waals surface area contributed by atoms with Crippen LogP contribution in [0.4, 0.5) is 0 Å². The van der Waals surface area contributed by atoms with Crippen molar-refractivity contribution in [2.75, 3.05) is 39.3 Å². The number of rotatable bonds is 6. The van der Waals surface area contributed by atoms with E-state index in [0.717, 1.165) is 13.0 Å². The minimum Gasteiger partial charge on any atom is -0.326 e. The van der Waals surface area contributed by atoms with Crippen LogP contribution in [0.5, 0.6) is 0 Å². The molecule has 0 spiro atoms. The summed E-state index contributed by atoms with van der Waals surface area (Å²) in [6, 6.07) is 0. The molecule has 1 saturated heterocycles. The lowest BCUT2D eigenvalue weighted by molar-refractivity contribution is 0.138. The number of nitrogens with two attached hydrogens (primary N) is 1. The van der Waals surface area contributed by atoms with Gasteiger partial charge in [0.05, 0.1) is 10.7 Å². The topological polar surface area (TPSA) is 45.4 Å². The molecule has 5 heteroatoms. The molecule has 20 heavy (non-hydrogen) atoms. The van der Waals surface area contributed by atoms with Gasteiger partial charge in [0.25, 0.3) is 0 Å². The third kappa shape index (κ3) is 4.01. The summed E-state index contributed by atoms with van der Waals surface area (Å²) in [5.74, 6) is 0.478. The molecule has 1 fully saturated rings. The average Bonchev–Trinajstić information content (AvgIpc) is 2.89. The van der Waals surface area contributed by atoms with Gasteiger partial charge in [-0.15, -0.1) is 11.3 Å². The van der Waals surface area contributed by atoms with Crippen molar-refractivity contribution in [3.63, 3.8) is 0 Å². The number of hydrogen-bond acceptors (Lipinski definition) is 5. The third-order valence-electron chi connectivity index (χ3n) is 4.06. The molecule has 1 aliphatic rings. The van der Waals surface area contributed by atoms with Crippen molar-refractivity contribution < 1.29 is 0 Å². The SMILES string of the molecule is CCN1CCN(CCc2nc(C(C)C)c(CN)s2)CC1. The van der Waals surface area contributed by atoms with Crippen LogP contribution in [0.3, 0.4) is 0 Å². The molecular formula is C15H28N4S. The highest BCUT2D eigenvalue weighted by Gasteiger charge is 2.17. The Kier molecular flexibility index (Phi) is 5.96. The maximum Gasteiger partial charge on any atom is 0.0944 e. The summed E-state index contributed by atoms with van der Waals surface area (Å²) in [4.78, 5) is 11.1. The molecular weight excluding hydrogens is 268 g/mol. The van der Waals surface area contributed by atoms with Crippen molar-refractivity contribution in [2.24, 2.45) is 5.73 Å². The Morgan fingerprint density at radius 3 is 2.35 bits per heavy atom. The first-order chi connectivity index (χ1) is 9.63. The molecule has 0 atom stereocenters. The highest BCUT2D eigenvalue weighted by atomic mass is 32.1. The maximum atomic E-state index is 5.83. The van der Waals surface area contributed by atoms with Crippen molar-refractivity contribution in [1.29, 1.82) is 0 Å². The lowest BCUT2D eigenvalue weighted by atomic mass is 10.1. The fourth-order valence-electron chi connectivity index (χ4n) is 2.70. The Hall–Kier alpha value is -0.490. The van der Waals surface area contributed by atoms with E-state index in [0.29, 0.717) is 12.5 Å². The van der Waals surface area contributed by atoms with Gasteiger partial charge in [-0.3, -0.25) is 0 Å². The van der Waals surface area contributed by atoms with E-state index in [1.807, 2.05) is 11.3 Å². The lowest BCUT2D eigenvalue weighted by Crippen LogP contribution is -2.46. The number of aromatic nitrogens is 1. The highest BCUT2D eigenvalue weighted by Crippen LogP contribution is 2.25. The molecule has 4 nitrogen and oxygen atoms in total. The van der Waals surface area contributed by atoms with Crippen molar-refractivity contribution in [2.45, 2.75) is 39.7 Å². The summed E-state index contributed by atoms with van der Waals surface area (Å²) in [5, 5.41) is 1.26. The molecule has 114 valence electrons. The van der Waals surface area contributed by atoms with E-state index in [2.05, 4.69) is 30.6 Å². The van der Waals surface area contributed by atoms with E-state index in [4.69, 9.17) is 10.7 Å². The van der Waals surface area contributed by atoms with Gasteiger partial charge in [-0.2, -0.15) is 0 Å². The highest BCUT2D eigenvalue weighted by molar-refractivity contribution is 7.11. The molecule has 2 rings (SSSR count). The Balaban J connectivity index is 1.85. The Bertz CT molecular complexity index is 408.